The van der Waals surface area contributed by atoms with E-state index >= 15 is 0 Å². The fourth-order valence-electron chi connectivity index (χ4n) is 3.78. The largest absolute Gasteiger partial charge is 0.493 e. The second-order valence-electron chi connectivity index (χ2n) is 6.83. The number of ether oxygens (including phenoxy) is 2. The average Bonchev–Trinajstić information content (AvgIpc) is 2.70. The van der Waals surface area contributed by atoms with Gasteiger partial charge in [0.15, 0.2) is 11.5 Å². The molecule has 2 atom stereocenters. The second kappa shape index (κ2) is 9.29. The van der Waals surface area contributed by atoms with E-state index in [0.29, 0.717) is 24.5 Å². The van der Waals surface area contributed by atoms with Gasteiger partial charge < -0.3 is 14.6 Å². The summed E-state index contributed by atoms with van der Waals surface area (Å²) in [6.45, 7) is 1.33. The molecule has 0 spiro atoms. The van der Waals surface area contributed by atoms with Crippen molar-refractivity contribution in [2.45, 2.75) is 18.9 Å². The minimum absolute atomic E-state index is 0.119. The summed E-state index contributed by atoms with van der Waals surface area (Å²) in [6.07, 6.45) is 1.56. The third-order valence-electron chi connectivity index (χ3n) is 5.16. The lowest BCUT2D eigenvalue weighted by Gasteiger charge is -2.38. The van der Waals surface area contributed by atoms with Gasteiger partial charge in [-0.15, -0.1) is 0 Å². The molecule has 7 heteroatoms. The number of carboxylic acids is 1. The summed E-state index contributed by atoms with van der Waals surface area (Å²) < 4.78 is 12.8. The van der Waals surface area contributed by atoms with E-state index in [0.717, 1.165) is 33.0 Å². The summed E-state index contributed by atoms with van der Waals surface area (Å²) in [5, 5.41) is 9.56. The highest BCUT2D eigenvalue weighted by atomic mass is 79.9. The van der Waals surface area contributed by atoms with Crippen molar-refractivity contribution in [3.8, 4) is 11.5 Å². The van der Waals surface area contributed by atoms with Crippen molar-refractivity contribution in [3.05, 3.63) is 56.5 Å². The number of carboxylic acid groups (broad SMARTS) is 1. The van der Waals surface area contributed by atoms with Gasteiger partial charge in [0, 0.05) is 15.5 Å². The van der Waals surface area contributed by atoms with Crippen LogP contribution >= 0.6 is 31.9 Å². The molecule has 0 radical (unpaired) electrons. The quantitative estimate of drug-likeness (QED) is 0.582. The zero-order chi connectivity index (χ0) is 20.3. The number of piperidine rings is 1. The van der Waals surface area contributed by atoms with Crippen LogP contribution in [0.5, 0.6) is 11.5 Å². The molecule has 2 aromatic rings. The molecule has 1 aliphatic rings. The molecule has 1 heterocycles. The van der Waals surface area contributed by atoms with Crippen molar-refractivity contribution in [1.29, 1.82) is 0 Å². The van der Waals surface area contributed by atoms with E-state index < -0.39 is 5.97 Å². The molecule has 0 saturated carbocycles. The van der Waals surface area contributed by atoms with Crippen LogP contribution in [0.4, 0.5) is 0 Å². The molecule has 0 amide bonds. The van der Waals surface area contributed by atoms with E-state index in [1.165, 1.54) is 0 Å². The third-order valence-corrected chi connectivity index (χ3v) is 6.57. The van der Waals surface area contributed by atoms with E-state index in [1.807, 2.05) is 30.3 Å². The first-order valence-electron chi connectivity index (χ1n) is 9.09. The van der Waals surface area contributed by atoms with Crippen LogP contribution in [-0.4, -0.2) is 43.3 Å². The normalized spacial score (nSPS) is 18.5. The molecule has 1 aliphatic heterocycles. The SMILES string of the molecule is COc1cc(Br)c(C(c2ccccc2Br)N2CCCC(C(=O)O)C2)cc1OC. The van der Waals surface area contributed by atoms with E-state index in [-0.39, 0.29) is 12.0 Å². The number of aliphatic carboxylic acids is 1. The van der Waals surface area contributed by atoms with Gasteiger partial charge >= 0.3 is 5.97 Å². The minimum atomic E-state index is -0.734. The summed E-state index contributed by atoms with van der Waals surface area (Å²) >= 11 is 7.37. The minimum Gasteiger partial charge on any atom is -0.493 e. The monoisotopic (exact) mass is 511 g/mol. The Kier molecular flexibility index (Phi) is 7.01. The molecule has 0 bridgehead atoms. The highest BCUT2D eigenvalue weighted by Crippen LogP contribution is 2.43. The third kappa shape index (κ3) is 4.36. The molecule has 1 saturated heterocycles. The van der Waals surface area contributed by atoms with Crippen molar-refractivity contribution >= 4 is 37.8 Å². The lowest BCUT2D eigenvalue weighted by atomic mass is 9.91. The topological polar surface area (TPSA) is 59.0 Å². The van der Waals surface area contributed by atoms with Crippen molar-refractivity contribution in [2.24, 2.45) is 5.92 Å². The van der Waals surface area contributed by atoms with Crippen LogP contribution in [0.15, 0.2) is 45.3 Å². The Morgan fingerprint density at radius 3 is 2.43 bits per heavy atom. The van der Waals surface area contributed by atoms with Crippen LogP contribution in [0.3, 0.4) is 0 Å². The fraction of sp³-hybridized carbons (Fsp3) is 0.381. The predicted molar refractivity (Wildman–Crippen MR) is 115 cm³/mol. The summed E-state index contributed by atoms with van der Waals surface area (Å²) in [7, 11) is 3.22. The smallest absolute Gasteiger partial charge is 0.307 e. The summed E-state index contributed by atoms with van der Waals surface area (Å²) in [6, 6.07) is 11.8. The fourth-order valence-corrected chi connectivity index (χ4v) is 4.82. The zero-order valence-corrected chi connectivity index (χ0v) is 19.0. The van der Waals surface area contributed by atoms with E-state index in [9.17, 15) is 9.90 Å². The Morgan fingerprint density at radius 1 is 1.11 bits per heavy atom. The number of methoxy groups -OCH3 is 2. The maximum absolute atomic E-state index is 11.6. The second-order valence-corrected chi connectivity index (χ2v) is 8.53. The maximum atomic E-state index is 11.6. The number of nitrogens with zero attached hydrogens (tertiary/aromatic N) is 1. The van der Waals surface area contributed by atoms with Gasteiger partial charge in [-0.25, -0.2) is 0 Å². The number of halogens is 2. The van der Waals surface area contributed by atoms with Crippen molar-refractivity contribution in [2.75, 3.05) is 27.3 Å². The van der Waals surface area contributed by atoms with Crippen LogP contribution in [-0.2, 0) is 4.79 Å². The number of carbonyl (C=O) groups is 1. The Hall–Kier alpha value is -1.57. The number of likely N-dealkylation sites (tertiary alicyclic amines) is 1. The molecule has 2 unspecified atom stereocenters. The standard InChI is InChI=1S/C21H23Br2NO4/c1-27-18-10-15(17(23)11-19(18)28-2)20(14-7-3-4-8-16(14)22)24-9-5-6-13(12-24)21(25)26/h3-4,7-8,10-11,13,20H,5-6,9,12H2,1-2H3,(H,25,26). The molecule has 0 aliphatic carbocycles. The Morgan fingerprint density at radius 2 is 1.79 bits per heavy atom. The molecule has 150 valence electrons. The van der Waals surface area contributed by atoms with Crippen LogP contribution in [0, 0.1) is 5.92 Å². The van der Waals surface area contributed by atoms with E-state index in [1.54, 1.807) is 14.2 Å². The van der Waals surface area contributed by atoms with Gasteiger partial charge in [-0.3, -0.25) is 9.69 Å². The maximum Gasteiger partial charge on any atom is 0.307 e. The van der Waals surface area contributed by atoms with Gasteiger partial charge in [0.2, 0.25) is 0 Å². The van der Waals surface area contributed by atoms with Gasteiger partial charge in [-0.1, -0.05) is 50.1 Å². The van der Waals surface area contributed by atoms with Crippen LogP contribution in [0.2, 0.25) is 0 Å². The Bertz CT molecular complexity index is 858. The lowest BCUT2D eigenvalue weighted by Crippen LogP contribution is -2.41. The average molecular weight is 513 g/mol. The van der Waals surface area contributed by atoms with Crippen LogP contribution in [0.1, 0.15) is 30.0 Å². The van der Waals surface area contributed by atoms with Gasteiger partial charge in [0.1, 0.15) is 0 Å². The van der Waals surface area contributed by atoms with Crippen molar-refractivity contribution in [1.82, 2.24) is 4.90 Å². The van der Waals surface area contributed by atoms with E-state index in [4.69, 9.17) is 9.47 Å². The van der Waals surface area contributed by atoms with E-state index in [2.05, 4.69) is 42.8 Å². The van der Waals surface area contributed by atoms with Crippen LogP contribution < -0.4 is 9.47 Å². The molecule has 5 nitrogen and oxygen atoms in total. The first-order chi connectivity index (χ1) is 13.5. The molecule has 1 N–H and O–H groups in total. The lowest BCUT2D eigenvalue weighted by molar-refractivity contribution is -0.143. The van der Waals surface area contributed by atoms with Gasteiger partial charge in [0.25, 0.3) is 0 Å². The number of rotatable bonds is 6. The molecule has 1 fully saturated rings. The number of benzene rings is 2. The summed E-state index contributed by atoms with van der Waals surface area (Å²) in [4.78, 5) is 13.9. The highest BCUT2D eigenvalue weighted by Gasteiger charge is 2.33. The summed E-state index contributed by atoms with van der Waals surface area (Å²) in [5.41, 5.74) is 2.09. The summed E-state index contributed by atoms with van der Waals surface area (Å²) in [5.74, 6) is 0.190. The molecule has 0 aromatic heterocycles. The van der Waals surface area contributed by atoms with Crippen molar-refractivity contribution in [3.63, 3.8) is 0 Å². The highest BCUT2D eigenvalue weighted by molar-refractivity contribution is 9.10. The Labute approximate surface area is 181 Å². The van der Waals surface area contributed by atoms with Crippen molar-refractivity contribution < 1.29 is 19.4 Å². The van der Waals surface area contributed by atoms with Gasteiger partial charge in [0.05, 0.1) is 26.2 Å². The predicted octanol–water partition coefficient (Wildman–Crippen LogP) is 5.11. The Balaban J connectivity index is 2.12. The first-order valence-corrected chi connectivity index (χ1v) is 10.7. The molecule has 2 aromatic carbocycles. The molecule has 28 heavy (non-hydrogen) atoms. The number of hydrogen-bond acceptors (Lipinski definition) is 4. The van der Waals surface area contributed by atoms with Gasteiger partial charge in [-0.05, 0) is 48.7 Å². The molecular weight excluding hydrogens is 490 g/mol. The first kappa shape index (κ1) is 21.1. The molecule has 3 rings (SSSR count). The number of hydrogen-bond donors (Lipinski definition) is 1. The molecular formula is C21H23Br2NO4. The zero-order valence-electron chi connectivity index (χ0n) is 15.8. The van der Waals surface area contributed by atoms with Gasteiger partial charge in [-0.2, -0.15) is 0 Å². The van der Waals surface area contributed by atoms with Crippen LogP contribution in [0.25, 0.3) is 0 Å².